The monoisotopic (exact) mass is 555 g/mol. The third kappa shape index (κ3) is 5.45. The summed E-state index contributed by atoms with van der Waals surface area (Å²) in [6, 6.07) is 12.2. The first kappa shape index (κ1) is 27.4. The van der Waals surface area contributed by atoms with Crippen molar-refractivity contribution >= 4 is 22.5 Å². The number of halogens is 3. The van der Waals surface area contributed by atoms with Gasteiger partial charge in [-0.15, -0.1) is 0 Å². The fourth-order valence-electron chi connectivity index (χ4n) is 4.69. The van der Waals surface area contributed by atoms with Gasteiger partial charge in [-0.3, -0.25) is 4.79 Å². The number of fused-ring (bicyclic) bond motifs is 1. The van der Waals surface area contributed by atoms with Gasteiger partial charge in [0.1, 0.15) is 17.0 Å². The SMILES string of the molecule is COc1ccc(-c2nc(C(=O)NCc3ccc(N4CC[C@@H](O)C4)cc3)c([C@H](C)N)o2)c2ccc(C(F)(F)F)nc12. The van der Waals surface area contributed by atoms with E-state index in [0.29, 0.717) is 17.5 Å². The second kappa shape index (κ2) is 10.8. The van der Waals surface area contributed by atoms with Crippen LogP contribution in [0.3, 0.4) is 0 Å². The summed E-state index contributed by atoms with van der Waals surface area (Å²) in [7, 11) is 1.34. The summed E-state index contributed by atoms with van der Waals surface area (Å²) in [6.07, 6.45) is -4.23. The Bertz CT molecular complexity index is 1540. The molecule has 12 heteroatoms. The zero-order chi connectivity index (χ0) is 28.6. The first-order chi connectivity index (χ1) is 19.0. The number of nitrogens with zero attached hydrogens (tertiary/aromatic N) is 3. The molecule has 1 aliphatic rings. The van der Waals surface area contributed by atoms with E-state index in [0.717, 1.165) is 30.3 Å². The minimum absolute atomic E-state index is 0.0171. The van der Waals surface area contributed by atoms with Crippen molar-refractivity contribution in [3.63, 3.8) is 0 Å². The first-order valence-electron chi connectivity index (χ1n) is 12.7. The van der Waals surface area contributed by atoms with Crippen LogP contribution < -0.4 is 20.7 Å². The van der Waals surface area contributed by atoms with E-state index in [9.17, 15) is 23.1 Å². The van der Waals surface area contributed by atoms with Crippen LogP contribution in [0.1, 0.15) is 46.9 Å². The molecule has 1 aliphatic heterocycles. The molecule has 4 aromatic rings. The minimum atomic E-state index is -4.64. The zero-order valence-corrected chi connectivity index (χ0v) is 21.8. The number of rotatable bonds is 7. The molecular formula is C28H28F3N5O4. The van der Waals surface area contributed by atoms with Crippen LogP contribution in [0.15, 0.2) is 52.9 Å². The Morgan fingerprint density at radius 2 is 1.95 bits per heavy atom. The van der Waals surface area contributed by atoms with Crippen molar-refractivity contribution in [1.29, 1.82) is 0 Å². The summed E-state index contributed by atoms with van der Waals surface area (Å²) in [6.45, 7) is 3.23. The predicted octanol–water partition coefficient (Wildman–Crippen LogP) is 4.44. The number of alkyl halides is 3. The molecular weight excluding hydrogens is 527 g/mol. The fraction of sp³-hybridized carbons (Fsp3) is 0.321. The van der Waals surface area contributed by atoms with E-state index in [1.54, 1.807) is 13.0 Å². The van der Waals surface area contributed by atoms with Crippen LogP contribution >= 0.6 is 0 Å². The van der Waals surface area contributed by atoms with Crippen molar-refractivity contribution in [2.45, 2.75) is 38.2 Å². The van der Waals surface area contributed by atoms with Crippen LogP contribution in [0.5, 0.6) is 5.75 Å². The lowest BCUT2D eigenvalue weighted by Crippen LogP contribution is -2.25. The van der Waals surface area contributed by atoms with E-state index >= 15 is 0 Å². The molecule has 0 unspecified atom stereocenters. The molecule has 40 heavy (non-hydrogen) atoms. The third-order valence-electron chi connectivity index (χ3n) is 6.76. The number of nitrogens with two attached hydrogens (primary N) is 1. The smallest absolute Gasteiger partial charge is 0.433 e. The van der Waals surface area contributed by atoms with Gasteiger partial charge in [0.2, 0.25) is 5.89 Å². The highest BCUT2D eigenvalue weighted by Gasteiger charge is 2.33. The number of pyridine rings is 1. The molecule has 4 N–H and O–H groups in total. The Morgan fingerprint density at radius 1 is 1.20 bits per heavy atom. The average Bonchev–Trinajstić information content (AvgIpc) is 3.57. The lowest BCUT2D eigenvalue weighted by atomic mass is 10.1. The summed E-state index contributed by atoms with van der Waals surface area (Å²) < 4.78 is 51.0. The Morgan fingerprint density at radius 3 is 2.58 bits per heavy atom. The number of aromatic nitrogens is 2. The molecule has 0 spiro atoms. The van der Waals surface area contributed by atoms with Gasteiger partial charge in [0.25, 0.3) is 5.91 Å². The minimum Gasteiger partial charge on any atom is -0.494 e. The quantitative estimate of drug-likeness (QED) is 0.306. The van der Waals surface area contributed by atoms with Crippen molar-refractivity contribution in [3.8, 4) is 17.2 Å². The van der Waals surface area contributed by atoms with Crippen molar-refractivity contribution in [3.05, 3.63) is 71.2 Å². The number of β-amino-alcohol motifs (C(OH)–C–C–N with tert-alkyl or cyclic N) is 1. The summed E-state index contributed by atoms with van der Waals surface area (Å²) in [5.41, 5.74) is 7.15. The highest BCUT2D eigenvalue weighted by molar-refractivity contribution is 5.98. The van der Waals surface area contributed by atoms with E-state index in [1.165, 1.54) is 19.2 Å². The Labute approximate surface area is 227 Å². The molecule has 0 radical (unpaired) electrons. The molecule has 9 nitrogen and oxygen atoms in total. The number of ether oxygens (including phenoxy) is 1. The largest absolute Gasteiger partial charge is 0.494 e. The maximum absolute atomic E-state index is 13.3. The van der Waals surface area contributed by atoms with Gasteiger partial charge in [-0.05, 0) is 55.3 Å². The third-order valence-corrected chi connectivity index (χ3v) is 6.76. The lowest BCUT2D eigenvalue weighted by Gasteiger charge is -2.18. The molecule has 5 rings (SSSR count). The van der Waals surface area contributed by atoms with Crippen LogP contribution in [0.25, 0.3) is 22.4 Å². The van der Waals surface area contributed by atoms with Crippen molar-refractivity contribution < 1.29 is 32.2 Å². The summed E-state index contributed by atoms with van der Waals surface area (Å²) in [5, 5.41) is 12.9. The molecule has 2 aromatic carbocycles. The number of nitrogens with one attached hydrogen (secondary N) is 1. The van der Waals surface area contributed by atoms with E-state index in [2.05, 4.69) is 20.2 Å². The van der Waals surface area contributed by atoms with Gasteiger partial charge >= 0.3 is 6.18 Å². The molecule has 0 saturated carbocycles. The summed E-state index contributed by atoms with van der Waals surface area (Å²) in [4.78, 5) is 23.4. The van der Waals surface area contributed by atoms with Crippen LogP contribution in [0.4, 0.5) is 18.9 Å². The molecule has 3 heterocycles. The second-order valence-corrected chi connectivity index (χ2v) is 9.66. The molecule has 0 aliphatic carbocycles. The highest BCUT2D eigenvalue weighted by Crippen LogP contribution is 2.37. The average molecular weight is 556 g/mol. The Kier molecular flexibility index (Phi) is 7.39. The van der Waals surface area contributed by atoms with Crippen molar-refractivity contribution in [1.82, 2.24) is 15.3 Å². The van der Waals surface area contributed by atoms with Crippen molar-refractivity contribution in [2.75, 3.05) is 25.1 Å². The molecule has 2 aromatic heterocycles. The summed E-state index contributed by atoms with van der Waals surface area (Å²) >= 11 is 0. The van der Waals surface area contributed by atoms with E-state index in [1.807, 2.05) is 24.3 Å². The standard InChI is InChI=1S/C28H28F3N5O4/c1-15(32)25-24(26(38)33-13-16-3-5-17(6-4-16)36-12-11-18(37)14-36)35-27(40-25)20-7-9-21(39-2)23-19(20)8-10-22(34-23)28(29,30)31/h3-10,15,18,37H,11-14,32H2,1-2H3,(H,33,38)/t15-,18+/m0/s1. The number of aliphatic hydroxyl groups is 1. The number of aliphatic hydroxyl groups excluding tert-OH is 1. The van der Waals surface area contributed by atoms with Crippen LogP contribution in [0.2, 0.25) is 0 Å². The first-order valence-corrected chi connectivity index (χ1v) is 12.7. The Hall–Kier alpha value is -4.16. The second-order valence-electron chi connectivity index (χ2n) is 9.66. The Balaban J connectivity index is 1.40. The van der Waals surface area contributed by atoms with Crippen LogP contribution in [-0.2, 0) is 12.7 Å². The van der Waals surface area contributed by atoms with Gasteiger partial charge in [0.05, 0.1) is 19.3 Å². The number of carbonyl (C=O) groups is 1. The number of methoxy groups -OCH3 is 1. The topological polar surface area (TPSA) is 127 Å². The number of anilines is 1. The fourth-order valence-corrected chi connectivity index (χ4v) is 4.69. The maximum atomic E-state index is 13.3. The number of benzene rings is 2. The molecule has 0 bridgehead atoms. The number of hydrogen-bond acceptors (Lipinski definition) is 8. The van der Waals surface area contributed by atoms with Gasteiger partial charge in [0, 0.05) is 36.3 Å². The molecule has 1 saturated heterocycles. The molecule has 2 atom stereocenters. The normalized spacial score (nSPS) is 16.4. The lowest BCUT2D eigenvalue weighted by molar-refractivity contribution is -0.140. The van der Waals surface area contributed by atoms with E-state index in [4.69, 9.17) is 14.9 Å². The predicted molar refractivity (Wildman–Crippen MR) is 142 cm³/mol. The summed E-state index contributed by atoms with van der Waals surface area (Å²) in [5.74, 6) is -0.207. The zero-order valence-electron chi connectivity index (χ0n) is 21.8. The van der Waals surface area contributed by atoms with Gasteiger partial charge in [0.15, 0.2) is 11.5 Å². The van der Waals surface area contributed by atoms with Gasteiger partial charge in [-0.1, -0.05) is 12.1 Å². The van der Waals surface area contributed by atoms with E-state index in [-0.39, 0.29) is 41.3 Å². The van der Waals surface area contributed by atoms with Crippen LogP contribution in [-0.4, -0.2) is 47.3 Å². The van der Waals surface area contributed by atoms with E-state index < -0.39 is 23.8 Å². The van der Waals surface area contributed by atoms with Crippen LogP contribution in [0, 0.1) is 0 Å². The molecule has 210 valence electrons. The van der Waals surface area contributed by atoms with Gasteiger partial charge < -0.3 is 30.2 Å². The molecule has 1 amide bonds. The van der Waals surface area contributed by atoms with Gasteiger partial charge in [-0.2, -0.15) is 13.2 Å². The number of carbonyl (C=O) groups excluding carboxylic acids is 1. The maximum Gasteiger partial charge on any atom is 0.433 e. The number of amides is 1. The molecule has 1 fully saturated rings. The van der Waals surface area contributed by atoms with Crippen molar-refractivity contribution in [2.24, 2.45) is 5.73 Å². The highest BCUT2D eigenvalue weighted by atomic mass is 19.4. The van der Waals surface area contributed by atoms with Gasteiger partial charge in [-0.25, -0.2) is 9.97 Å². The number of hydrogen-bond donors (Lipinski definition) is 3. The number of oxazole rings is 1.